The lowest BCUT2D eigenvalue weighted by molar-refractivity contribution is -0.311. The van der Waals surface area contributed by atoms with Gasteiger partial charge in [-0.2, -0.15) is 0 Å². The lowest BCUT2D eigenvalue weighted by Gasteiger charge is -2.44. The molecule has 0 amide bonds. The summed E-state index contributed by atoms with van der Waals surface area (Å²) in [5.41, 5.74) is 0.762. The van der Waals surface area contributed by atoms with Gasteiger partial charge in [-0.05, 0) is 50.2 Å². The Morgan fingerprint density at radius 3 is 1.31 bits per heavy atom. The molecule has 6 aliphatic heterocycles. The van der Waals surface area contributed by atoms with Crippen LogP contribution in [-0.2, 0) is 40.0 Å². The topological polar surface area (TPSA) is 102 Å². The maximum Gasteiger partial charge on any atom is 0.338 e. The van der Waals surface area contributed by atoms with Gasteiger partial charge in [0.25, 0.3) is 0 Å². The molecule has 0 radical (unpaired) electrons. The van der Waals surface area contributed by atoms with Crippen LogP contribution in [-0.4, -0.2) is 56.6 Å². The van der Waals surface area contributed by atoms with E-state index in [0.29, 0.717) is 48.9 Å². The van der Waals surface area contributed by atoms with E-state index in [2.05, 4.69) is 0 Å². The zero-order chi connectivity index (χ0) is 25.6. The molecule has 36 heavy (non-hydrogen) atoms. The van der Waals surface area contributed by atoms with E-state index in [0.717, 1.165) is 0 Å². The van der Waals surface area contributed by atoms with Crippen molar-refractivity contribution in [3.63, 3.8) is 0 Å². The molecule has 192 valence electrons. The second-order valence-electron chi connectivity index (χ2n) is 10.8. The third kappa shape index (κ3) is 4.76. The highest BCUT2D eigenvalue weighted by Gasteiger charge is 2.45. The number of hydrogen-bond donors (Lipinski definition) is 0. The number of ether oxygens (including phenoxy) is 6. The quantitative estimate of drug-likeness (QED) is 0.506. The summed E-state index contributed by atoms with van der Waals surface area (Å²) < 4.78 is 35.7. The van der Waals surface area contributed by atoms with Crippen molar-refractivity contribution < 1.29 is 38.0 Å². The van der Waals surface area contributed by atoms with Crippen molar-refractivity contribution in [3.05, 3.63) is 65.0 Å². The van der Waals surface area contributed by atoms with Crippen molar-refractivity contribution in [2.45, 2.75) is 39.3 Å². The number of fused-ring (bicyclic) bond motifs is 3. The Bertz CT molecular complexity index is 1060. The molecule has 9 nitrogen and oxygen atoms in total. The van der Waals surface area contributed by atoms with Gasteiger partial charge in [0.2, 0.25) is 11.6 Å². The van der Waals surface area contributed by atoms with Gasteiger partial charge in [-0.25, -0.2) is 14.6 Å². The van der Waals surface area contributed by atoms with Gasteiger partial charge in [-0.15, -0.1) is 0 Å². The Morgan fingerprint density at radius 2 is 0.944 bits per heavy atom. The van der Waals surface area contributed by atoms with Gasteiger partial charge in [0, 0.05) is 10.8 Å². The van der Waals surface area contributed by atoms with Gasteiger partial charge >= 0.3 is 11.9 Å². The van der Waals surface area contributed by atoms with Crippen LogP contribution < -0.4 is 0 Å². The third-order valence-electron chi connectivity index (χ3n) is 6.92. The van der Waals surface area contributed by atoms with Gasteiger partial charge in [0.05, 0.1) is 48.9 Å². The molecule has 0 N–H and O–H groups in total. The van der Waals surface area contributed by atoms with E-state index >= 15 is 0 Å². The predicted molar refractivity (Wildman–Crippen MR) is 126 cm³/mol. The number of rotatable bonds is 0. The zero-order valence-corrected chi connectivity index (χ0v) is 21.0. The van der Waals surface area contributed by atoms with Gasteiger partial charge in [0.15, 0.2) is 0 Å². The maximum absolute atomic E-state index is 12.6. The molecule has 8 bridgehead atoms. The van der Waals surface area contributed by atoms with Crippen molar-refractivity contribution in [2.24, 2.45) is 10.8 Å². The molecule has 0 aliphatic carbocycles. The van der Waals surface area contributed by atoms with E-state index in [1.165, 1.54) is 0 Å². The molecule has 0 unspecified atom stereocenters. The van der Waals surface area contributed by atoms with E-state index in [-0.39, 0.29) is 13.2 Å². The fourth-order valence-electron chi connectivity index (χ4n) is 4.21. The number of pyridine rings is 1. The van der Waals surface area contributed by atoms with Crippen molar-refractivity contribution in [2.75, 3.05) is 39.6 Å². The Kier molecular flexibility index (Phi) is 6.15. The summed E-state index contributed by atoms with van der Waals surface area (Å²) in [6, 6.07) is 11.7. The highest BCUT2D eigenvalue weighted by Crippen LogP contribution is 2.39. The molecule has 0 atom stereocenters. The van der Waals surface area contributed by atoms with Crippen molar-refractivity contribution >= 4 is 11.9 Å². The summed E-state index contributed by atoms with van der Waals surface area (Å²) in [6.07, 6.45) is 0. The van der Waals surface area contributed by atoms with Gasteiger partial charge in [-0.3, -0.25) is 0 Å². The van der Waals surface area contributed by atoms with Crippen LogP contribution in [0.15, 0.2) is 42.5 Å². The van der Waals surface area contributed by atoms with Crippen LogP contribution in [0, 0.1) is 10.8 Å². The Hall–Kier alpha value is -2.85. The summed E-state index contributed by atoms with van der Waals surface area (Å²) in [7, 11) is 0. The second-order valence-corrected chi connectivity index (χ2v) is 10.8. The van der Waals surface area contributed by atoms with Crippen LogP contribution in [0.1, 0.15) is 59.8 Å². The van der Waals surface area contributed by atoms with Crippen molar-refractivity contribution in [1.82, 2.24) is 4.98 Å². The first-order valence-electron chi connectivity index (χ1n) is 12.0. The summed E-state index contributed by atoms with van der Waals surface area (Å²) in [5.74, 6) is -3.14. The molecule has 6 aliphatic rings. The predicted octanol–water partition coefficient (Wildman–Crippen LogP) is 3.56. The fraction of sp³-hybridized carbons (Fsp3) is 0.519. The number of aromatic nitrogens is 1. The molecule has 0 saturated carbocycles. The molecule has 9 heteroatoms. The molecular formula is C27H31NO8. The largest absolute Gasteiger partial charge is 0.461 e. The van der Waals surface area contributed by atoms with Crippen molar-refractivity contribution in [3.8, 4) is 0 Å². The summed E-state index contributed by atoms with van der Waals surface area (Å²) in [5, 5.41) is 0. The SMILES string of the molecule is CC12COC(=O)c3ccc(cc3)C(=O)OCC3(C)COC(C)(OC3)c3cccc(n3)C(C)(OC1)OC2. The third-order valence-corrected chi connectivity index (χ3v) is 6.92. The number of hydrogen-bond acceptors (Lipinski definition) is 9. The highest BCUT2D eigenvalue weighted by atomic mass is 16.7. The fourth-order valence-corrected chi connectivity index (χ4v) is 4.21. The first-order valence-corrected chi connectivity index (χ1v) is 12.0. The minimum atomic E-state index is -1.08. The molecule has 7 heterocycles. The molecule has 1 aromatic carbocycles. The number of carbonyl (C=O) groups is 2. The minimum Gasteiger partial charge on any atom is -0.461 e. The molecule has 1 aromatic heterocycles. The van der Waals surface area contributed by atoms with Crippen LogP contribution >= 0.6 is 0 Å². The van der Waals surface area contributed by atoms with Crippen LogP contribution in [0.5, 0.6) is 0 Å². The normalized spacial score (nSPS) is 35.1. The molecule has 2 saturated heterocycles. The van der Waals surface area contributed by atoms with E-state index in [9.17, 15) is 9.59 Å². The van der Waals surface area contributed by atoms with Crippen molar-refractivity contribution in [1.29, 1.82) is 0 Å². The van der Waals surface area contributed by atoms with Crippen LogP contribution in [0.4, 0.5) is 0 Å². The lowest BCUT2D eigenvalue weighted by Crippen LogP contribution is -2.49. The van der Waals surface area contributed by atoms with Gasteiger partial charge < -0.3 is 28.4 Å². The van der Waals surface area contributed by atoms with E-state index < -0.39 is 34.3 Å². The highest BCUT2D eigenvalue weighted by molar-refractivity contribution is 5.93. The molecule has 8 rings (SSSR count). The molecule has 2 fully saturated rings. The van der Waals surface area contributed by atoms with Crippen LogP contribution in [0.2, 0.25) is 0 Å². The van der Waals surface area contributed by atoms with Crippen LogP contribution in [0.3, 0.4) is 0 Å². The molecule has 0 spiro atoms. The average Bonchev–Trinajstić information content (AvgIpc) is 2.90. The van der Waals surface area contributed by atoms with Gasteiger partial charge in [-0.1, -0.05) is 19.9 Å². The monoisotopic (exact) mass is 497 g/mol. The Balaban J connectivity index is 1.45. The van der Waals surface area contributed by atoms with E-state index in [4.69, 9.17) is 33.4 Å². The smallest absolute Gasteiger partial charge is 0.338 e. The standard InChI is InChI=1S/C27H31NO8/c1-24-12-31-22(29)18-8-10-19(11-9-18)23(30)32-13-25(2)16-35-27(4,36-17-25)21-7-5-6-20(28-21)26(3,33-14-24)34-15-24/h5-11H,12-17H2,1-4H3. The number of benzene rings is 1. The average molecular weight is 498 g/mol. The van der Waals surface area contributed by atoms with Crippen LogP contribution in [0.25, 0.3) is 0 Å². The number of nitrogens with zero attached hydrogens (tertiary/aromatic N) is 1. The second kappa shape index (κ2) is 8.92. The Morgan fingerprint density at radius 1 is 0.583 bits per heavy atom. The molecular weight excluding hydrogens is 466 g/mol. The maximum atomic E-state index is 12.6. The van der Waals surface area contributed by atoms with E-state index in [1.807, 2.05) is 45.9 Å². The first-order chi connectivity index (χ1) is 17.0. The number of esters is 2. The minimum absolute atomic E-state index is 0.109. The summed E-state index contributed by atoms with van der Waals surface area (Å²) >= 11 is 0. The molecule has 2 aromatic rings. The summed E-state index contributed by atoms with van der Waals surface area (Å²) in [4.78, 5) is 30.0. The Labute approximate surface area is 210 Å². The lowest BCUT2D eigenvalue weighted by atomic mass is 9.92. The number of carbonyl (C=O) groups excluding carboxylic acids is 2. The van der Waals surface area contributed by atoms with E-state index in [1.54, 1.807) is 24.3 Å². The van der Waals surface area contributed by atoms with Gasteiger partial charge in [0.1, 0.15) is 13.2 Å². The zero-order valence-electron chi connectivity index (χ0n) is 21.0. The first kappa shape index (κ1) is 24.8. The summed E-state index contributed by atoms with van der Waals surface area (Å²) in [6.45, 7) is 8.92.